The molecular weight excluding hydrogens is 328 g/mol. The lowest BCUT2D eigenvalue weighted by molar-refractivity contribution is -0.342. The molecule has 0 bridgehead atoms. The molecule has 0 amide bonds. The molecule has 0 aromatic carbocycles. The highest BCUT2D eigenvalue weighted by Crippen LogP contribution is 2.29. The van der Waals surface area contributed by atoms with Crippen molar-refractivity contribution in [2.75, 3.05) is 6.61 Å². The number of hydrogen-bond donors (Lipinski definition) is 5. The summed E-state index contributed by atoms with van der Waals surface area (Å²) in [4.78, 5) is 11.2. The molecule has 1 unspecified atom stereocenters. The maximum Gasteiger partial charge on any atom is 0.303 e. The highest BCUT2D eigenvalue weighted by atomic mass is 16.7. The van der Waals surface area contributed by atoms with E-state index in [0.29, 0.717) is 0 Å². The van der Waals surface area contributed by atoms with E-state index in [4.69, 9.17) is 18.9 Å². The Morgan fingerprint density at radius 2 is 1.79 bits per heavy atom. The molecule has 10 heteroatoms. The minimum Gasteiger partial charge on any atom is -0.454 e. The number of ether oxygens (including phenoxy) is 4. The van der Waals surface area contributed by atoms with Gasteiger partial charge in [0.25, 0.3) is 0 Å². The molecule has 0 spiro atoms. The Bertz CT molecular complexity index is 432. The van der Waals surface area contributed by atoms with Crippen LogP contribution in [0.1, 0.15) is 20.3 Å². The molecule has 5 N–H and O–H groups in total. The van der Waals surface area contributed by atoms with Crippen molar-refractivity contribution < 1.29 is 49.3 Å². The van der Waals surface area contributed by atoms with Gasteiger partial charge in [0.2, 0.25) is 0 Å². The highest BCUT2D eigenvalue weighted by molar-refractivity contribution is 5.66. The molecule has 0 aromatic heterocycles. The molecule has 0 aliphatic carbocycles. The average Bonchev–Trinajstić information content (AvgIpc) is 2.50. The molecule has 2 heterocycles. The van der Waals surface area contributed by atoms with Gasteiger partial charge in [0.15, 0.2) is 18.7 Å². The van der Waals surface area contributed by atoms with E-state index in [-0.39, 0.29) is 6.42 Å². The first kappa shape index (κ1) is 19.5. The maximum absolute atomic E-state index is 11.2. The first-order chi connectivity index (χ1) is 11.2. The van der Waals surface area contributed by atoms with Crippen molar-refractivity contribution in [1.29, 1.82) is 0 Å². The van der Waals surface area contributed by atoms with Gasteiger partial charge in [-0.1, -0.05) is 0 Å². The molecule has 10 nitrogen and oxygen atoms in total. The molecule has 2 saturated heterocycles. The highest BCUT2D eigenvalue weighted by Gasteiger charge is 2.49. The summed E-state index contributed by atoms with van der Waals surface area (Å²) < 4.78 is 20.8. The van der Waals surface area contributed by atoms with Gasteiger partial charge in [-0.3, -0.25) is 4.79 Å². The Balaban J connectivity index is 2.16. The van der Waals surface area contributed by atoms with Gasteiger partial charge in [0.1, 0.15) is 24.4 Å². The molecule has 24 heavy (non-hydrogen) atoms. The second-order valence-corrected chi connectivity index (χ2v) is 5.99. The van der Waals surface area contributed by atoms with Crippen LogP contribution in [0, 0.1) is 0 Å². The van der Waals surface area contributed by atoms with Crippen LogP contribution in [0.15, 0.2) is 0 Å². The van der Waals surface area contributed by atoms with Gasteiger partial charge in [-0.25, -0.2) is 0 Å². The summed E-state index contributed by atoms with van der Waals surface area (Å²) in [6, 6.07) is 0. The molecule has 2 rings (SSSR count). The number of hydrogen-bond acceptors (Lipinski definition) is 10. The topological polar surface area (TPSA) is 155 Å². The SMILES string of the molecule is CC(=O)O[C@@H]1C(O)O[C@H](CO)[C@@H](O)[C@@H]1O[C@H]1O[C@H](C)[C@H](O)C[C@H]1O. The van der Waals surface area contributed by atoms with Crippen molar-refractivity contribution >= 4 is 5.97 Å². The van der Waals surface area contributed by atoms with Crippen molar-refractivity contribution in [2.24, 2.45) is 0 Å². The molecule has 0 aromatic rings. The van der Waals surface area contributed by atoms with Crippen molar-refractivity contribution in [3.05, 3.63) is 0 Å². The van der Waals surface area contributed by atoms with E-state index in [0.717, 1.165) is 6.92 Å². The summed E-state index contributed by atoms with van der Waals surface area (Å²) in [6.45, 7) is 2.09. The van der Waals surface area contributed by atoms with E-state index in [1.807, 2.05) is 0 Å². The monoisotopic (exact) mass is 352 g/mol. The lowest BCUT2D eigenvalue weighted by atomic mass is 9.98. The number of esters is 1. The van der Waals surface area contributed by atoms with Crippen molar-refractivity contribution in [2.45, 2.75) is 75.6 Å². The standard InChI is InChI=1S/C14H24O10/c1-5-7(17)3-8(18)14(21-5)24-11-10(19)9(4-15)23-13(20)12(11)22-6(2)16/h5,7-15,17-20H,3-4H2,1-2H3/t5-,7-,8-,9-,10-,11+,12+,13?,14-/m1/s1. The normalized spacial score (nSPS) is 46.5. The van der Waals surface area contributed by atoms with Gasteiger partial charge in [-0.2, -0.15) is 0 Å². The zero-order chi connectivity index (χ0) is 18.0. The molecule has 140 valence electrons. The predicted octanol–water partition coefficient (Wildman–Crippen LogP) is -2.77. The van der Waals surface area contributed by atoms with Gasteiger partial charge in [0.05, 0.1) is 18.8 Å². The van der Waals surface area contributed by atoms with Crippen LogP contribution in [0.5, 0.6) is 0 Å². The minimum atomic E-state index is -1.64. The van der Waals surface area contributed by atoms with E-state index in [1.54, 1.807) is 6.92 Å². The zero-order valence-electron chi connectivity index (χ0n) is 13.4. The number of carbonyl (C=O) groups is 1. The summed E-state index contributed by atoms with van der Waals surface area (Å²) in [5.41, 5.74) is 0. The average molecular weight is 352 g/mol. The summed E-state index contributed by atoms with van der Waals surface area (Å²) in [5.74, 6) is -0.736. The fourth-order valence-electron chi connectivity index (χ4n) is 2.75. The number of rotatable bonds is 4. The Morgan fingerprint density at radius 3 is 2.38 bits per heavy atom. The summed E-state index contributed by atoms with van der Waals surface area (Å²) >= 11 is 0. The lowest BCUT2D eigenvalue weighted by Crippen LogP contribution is -2.62. The third kappa shape index (κ3) is 4.21. The molecule has 0 saturated carbocycles. The minimum absolute atomic E-state index is 0.00460. The van der Waals surface area contributed by atoms with Gasteiger partial charge >= 0.3 is 5.97 Å². The number of aliphatic hydroxyl groups excluding tert-OH is 5. The fraction of sp³-hybridized carbons (Fsp3) is 0.929. The van der Waals surface area contributed by atoms with E-state index in [2.05, 4.69) is 0 Å². The van der Waals surface area contributed by atoms with Gasteiger partial charge in [-0.05, 0) is 6.92 Å². The van der Waals surface area contributed by atoms with Gasteiger partial charge < -0.3 is 44.5 Å². The Hall–Kier alpha value is -0.850. The lowest BCUT2D eigenvalue weighted by Gasteiger charge is -2.44. The zero-order valence-corrected chi connectivity index (χ0v) is 13.4. The van der Waals surface area contributed by atoms with Crippen LogP contribution in [0.3, 0.4) is 0 Å². The van der Waals surface area contributed by atoms with Crippen LogP contribution in [0.2, 0.25) is 0 Å². The predicted molar refractivity (Wildman–Crippen MR) is 75.4 cm³/mol. The second kappa shape index (κ2) is 8.02. The van der Waals surface area contributed by atoms with E-state index >= 15 is 0 Å². The van der Waals surface area contributed by atoms with Crippen molar-refractivity contribution in [3.8, 4) is 0 Å². The molecule has 2 aliphatic heterocycles. The van der Waals surface area contributed by atoms with Crippen LogP contribution >= 0.6 is 0 Å². The quantitative estimate of drug-likeness (QED) is 0.336. The van der Waals surface area contributed by atoms with Crippen LogP contribution in [0.25, 0.3) is 0 Å². The molecular formula is C14H24O10. The third-order valence-corrected chi connectivity index (χ3v) is 4.10. The first-order valence-corrected chi connectivity index (χ1v) is 7.71. The van der Waals surface area contributed by atoms with Gasteiger partial charge in [-0.15, -0.1) is 0 Å². The Morgan fingerprint density at radius 1 is 1.12 bits per heavy atom. The van der Waals surface area contributed by atoms with E-state index in [1.165, 1.54) is 0 Å². The van der Waals surface area contributed by atoms with Crippen LogP contribution in [0.4, 0.5) is 0 Å². The van der Waals surface area contributed by atoms with Crippen molar-refractivity contribution in [3.63, 3.8) is 0 Å². The maximum atomic E-state index is 11.2. The molecule has 2 fully saturated rings. The van der Waals surface area contributed by atoms with Crippen molar-refractivity contribution in [1.82, 2.24) is 0 Å². The Labute approximate surface area is 138 Å². The van der Waals surface area contributed by atoms with Crippen LogP contribution in [-0.4, -0.2) is 93.4 Å². The Kier molecular flexibility index (Phi) is 6.51. The largest absolute Gasteiger partial charge is 0.454 e. The first-order valence-electron chi connectivity index (χ1n) is 7.71. The molecule has 2 aliphatic rings. The summed E-state index contributed by atoms with van der Waals surface area (Å²) in [6.07, 6.45) is -10.8. The molecule has 9 atom stereocenters. The van der Waals surface area contributed by atoms with Crippen LogP contribution in [-0.2, 0) is 23.7 Å². The summed E-state index contributed by atoms with van der Waals surface area (Å²) in [5, 5.41) is 49.1. The van der Waals surface area contributed by atoms with Crippen LogP contribution < -0.4 is 0 Å². The smallest absolute Gasteiger partial charge is 0.303 e. The second-order valence-electron chi connectivity index (χ2n) is 5.99. The fourth-order valence-corrected chi connectivity index (χ4v) is 2.75. The number of carbonyl (C=O) groups excluding carboxylic acids is 1. The summed E-state index contributed by atoms with van der Waals surface area (Å²) in [7, 11) is 0. The van der Waals surface area contributed by atoms with E-state index in [9.17, 15) is 30.3 Å². The number of aliphatic hydroxyl groups is 5. The van der Waals surface area contributed by atoms with Gasteiger partial charge in [0, 0.05) is 13.3 Å². The molecule has 0 radical (unpaired) electrons. The third-order valence-electron chi connectivity index (χ3n) is 4.10. The van der Waals surface area contributed by atoms with E-state index < -0.39 is 67.9 Å².